The number of hydrogen-bond donors (Lipinski definition) is 2. The number of nitrogens with one attached hydrogen (secondary N) is 2. The van der Waals surface area contributed by atoms with Crippen molar-refractivity contribution in [3.05, 3.63) is 66.4 Å². The largest absolute Gasteiger partial charge is 0.486 e. The Morgan fingerprint density at radius 3 is 2.59 bits per heavy atom. The third-order valence-electron chi connectivity index (χ3n) is 3.91. The molecule has 1 aromatic carbocycles. The van der Waals surface area contributed by atoms with E-state index in [9.17, 15) is 4.79 Å². The fourth-order valence-electron chi connectivity index (χ4n) is 2.55. The minimum atomic E-state index is -0.347. The Labute approximate surface area is 155 Å². The molecule has 3 heterocycles. The zero-order valence-electron chi connectivity index (χ0n) is 14.4. The minimum absolute atomic E-state index is 0.222. The summed E-state index contributed by atoms with van der Waals surface area (Å²) in [5.41, 5.74) is 1.90. The van der Waals surface area contributed by atoms with Gasteiger partial charge in [-0.15, -0.1) is 0 Å². The van der Waals surface area contributed by atoms with Gasteiger partial charge in [0.2, 0.25) is 0 Å². The fourth-order valence-corrected chi connectivity index (χ4v) is 2.55. The maximum Gasteiger partial charge on any atom is 0.275 e. The molecule has 0 bridgehead atoms. The van der Waals surface area contributed by atoms with Gasteiger partial charge >= 0.3 is 0 Å². The second-order valence-electron chi connectivity index (χ2n) is 5.81. The van der Waals surface area contributed by atoms with E-state index in [1.807, 2.05) is 12.1 Å². The van der Waals surface area contributed by atoms with Crippen molar-refractivity contribution >= 4 is 17.4 Å². The highest BCUT2D eigenvalue weighted by Gasteiger charge is 2.14. The van der Waals surface area contributed by atoms with Crippen LogP contribution < -0.4 is 20.1 Å². The number of fused-ring (bicyclic) bond motifs is 1. The van der Waals surface area contributed by atoms with E-state index < -0.39 is 0 Å². The Bertz CT molecular complexity index is 932. The standard InChI is InChI=1S/C19H17N5O3/c25-19(24-14-1-2-16-17(9-14)27-8-7-26-16)15-11-23-18(12-21-15)22-10-13-3-5-20-6-4-13/h1-6,9,11-12H,7-8,10H2,(H,22,23)(H,24,25). The van der Waals surface area contributed by atoms with Crippen LogP contribution in [0.25, 0.3) is 0 Å². The number of carbonyl (C=O) groups excluding carboxylic acids is 1. The number of pyridine rings is 1. The summed E-state index contributed by atoms with van der Waals surface area (Å²) in [7, 11) is 0. The molecule has 0 saturated heterocycles. The van der Waals surface area contributed by atoms with Crippen LogP contribution in [0.3, 0.4) is 0 Å². The van der Waals surface area contributed by atoms with Crippen LogP contribution in [0.2, 0.25) is 0 Å². The van der Waals surface area contributed by atoms with Gasteiger partial charge in [0.05, 0.1) is 12.4 Å². The number of aromatic nitrogens is 3. The third kappa shape index (κ3) is 4.12. The Balaban J connectivity index is 1.37. The molecule has 1 aliphatic rings. The Kier molecular flexibility index (Phi) is 4.78. The Morgan fingerprint density at radius 1 is 1.00 bits per heavy atom. The van der Waals surface area contributed by atoms with Crippen molar-refractivity contribution in [3.63, 3.8) is 0 Å². The van der Waals surface area contributed by atoms with Crippen molar-refractivity contribution in [2.45, 2.75) is 6.54 Å². The van der Waals surface area contributed by atoms with E-state index >= 15 is 0 Å². The van der Waals surface area contributed by atoms with Crippen LogP contribution in [0.5, 0.6) is 11.5 Å². The second-order valence-corrected chi connectivity index (χ2v) is 5.81. The molecule has 3 aromatic rings. The van der Waals surface area contributed by atoms with Gasteiger partial charge in [-0.25, -0.2) is 9.97 Å². The summed E-state index contributed by atoms with van der Waals surface area (Å²) in [6.45, 7) is 1.61. The predicted octanol–water partition coefficient (Wildman–Crippen LogP) is 2.51. The molecule has 0 unspecified atom stereocenters. The van der Waals surface area contributed by atoms with Gasteiger partial charge in [0.25, 0.3) is 5.91 Å². The highest BCUT2D eigenvalue weighted by atomic mass is 16.6. The van der Waals surface area contributed by atoms with Crippen LogP contribution in [0.1, 0.15) is 16.1 Å². The molecule has 136 valence electrons. The molecule has 27 heavy (non-hydrogen) atoms. The highest BCUT2D eigenvalue weighted by molar-refractivity contribution is 6.02. The smallest absolute Gasteiger partial charge is 0.275 e. The van der Waals surface area contributed by atoms with Crippen LogP contribution in [-0.4, -0.2) is 34.1 Å². The summed E-state index contributed by atoms with van der Waals surface area (Å²) in [4.78, 5) is 24.7. The van der Waals surface area contributed by atoms with Gasteiger partial charge < -0.3 is 20.1 Å². The summed E-state index contributed by atoms with van der Waals surface area (Å²) < 4.78 is 11.0. The third-order valence-corrected chi connectivity index (χ3v) is 3.91. The molecule has 0 saturated carbocycles. The normalized spacial score (nSPS) is 12.3. The molecule has 0 atom stereocenters. The summed E-state index contributed by atoms with van der Waals surface area (Å²) in [6.07, 6.45) is 6.42. The van der Waals surface area contributed by atoms with Gasteiger partial charge in [0.1, 0.15) is 24.7 Å². The number of anilines is 2. The summed E-state index contributed by atoms with van der Waals surface area (Å²) in [6, 6.07) is 9.07. The molecular weight excluding hydrogens is 346 g/mol. The van der Waals surface area contributed by atoms with Crippen LogP contribution in [0, 0.1) is 0 Å². The molecule has 1 aliphatic heterocycles. The van der Waals surface area contributed by atoms with Gasteiger partial charge in [-0.05, 0) is 29.8 Å². The van der Waals surface area contributed by atoms with Crippen molar-refractivity contribution in [2.75, 3.05) is 23.8 Å². The first-order valence-electron chi connectivity index (χ1n) is 8.44. The summed E-state index contributed by atoms with van der Waals surface area (Å²) in [5.74, 6) is 1.52. The Hall–Kier alpha value is -3.68. The first kappa shape index (κ1) is 16.8. The quantitative estimate of drug-likeness (QED) is 0.719. The van der Waals surface area contributed by atoms with Crippen molar-refractivity contribution in [1.29, 1.82) is 0 Å². The molecule has 0 fully saturated rings. The maximum atomic E-state index is 12.4. The number of hydrogen-bond acceptors (Lipinski definition) is 7. The van der Waals surface area contributed by atoms with E-state index in [-0.39, 0.29) is 11.6 Å². The van der Waals surface area contributed by atoms with Gasteiger partial charge in [0, 0.05) is 30.7 Å². The summed E-state index contributed by atoms with van der Waals surface area (Å²) in [5, 5.41) is 5.93. The van der Waals surface area contributed by atoms with Gasteiger partial charge in [0.15, 0.2) is 11.5 Å². The number of amides is 1. The van der Waals surface area contributed by atoms with Crippen molar-refractivity contribution in [1.82, 2.24) is 15.0 Å². The number of benzene rings is 1. The molecule has 2 aromatic heterocycles. The highest BCUT2D eigenvalue weighted by Crippen LogP contribution is 2.32. The lowest BCUT2D eigenvalue weighted by atomic mass is 10.2. The van der Waals surface area contributed by atoms with Crippen LogP contribution in [0.15, 0.2) is 55.1 Å². The average Bonchev–Trinajstić information content (AvgIpc) is 2.73. The monoisotopic (exact) mass is 363 g/mol. The zero-order chi connectivity index (χ0) is 18.5. The molecule has 0 aliphatic carbocycles. The van der Waals surface area contributed by atoms with Crippen molar-refractivity contribution < 1.29 is 14.3 Å². The molecule has 2 N–H and O–H groups in total. The zero-order valence-corrected chi connectivity index (χ0v) is 14.4. The lowest BCUT2D eigenvalue weighted by Gasteiger charge is -2.18. The van der Waals surface area contributed by atoms with Crippen LogP contribution >= 0.6 is 0 Å². The molecule has 1 amide bonds. The van der Waals surface area contributed by atoms with Crippen molar-refractivity contribution in [3.8, 4) is 11.5 Å². The second kappa shape index (κ2) is 7.69. The van der Waals surface area contributed by atoms with Gasteiger partial charge in [-0.1, -0.05) is 0 Å². The van der Waals surface area contributed by atoms with Gasteiger partial charge in [-0.2, -0.15) is 0 Å². The number of carbonyl (C=O) groups is 1. The molecule has 0 spiro atoms. The first-order chi connectivity index (χ1) is 13.3. The van der Waals surface area contributed by atoms with E-state index in [1.165, 1.54) is 12.4 Å². The lowest BCUT2D eigenvalue weighted by molar-refractivity contribution is 0.102. The lowest BCUT2D eigenvalue weighted by Crippen LogP contribution is -2.17. The van der Waals surface area contributed by atoms with E-state index in [4.69, 9.17) is 9.47 Å². The number of ether oxygens (including phenoxy) is 2. The van der Waals surface area contributed by atoms with E-state index in [0.717, 1.165) is 5.56 Å². The number of nitrogens with zero attached hydrogens (tertiary/aromatic N) is 3. The average molecular weight is 363 g/mol. The first-order valence-corrected chi connectivity index (χ1v) is 8.44. The SMILES string of the molecule is O=C(Nc1ccc2c(c1)OCCO2)c1cnc(NCc2ccncc2)cn1. The summed E-state index contributed by atoms with van der Waals surface area (Å²) >= 11 is 0. The molecular formula is C19H17N5O3. The van der Waals surface area contributed by atoms with E-state index in [2.05, 4.69) is 25.6 Å². The number of rotatable bonds is 5. The Morgan fingerprint density at radius 2 is 1.81 bits per heavy atom. The molecule has 8 heteroatoms. The predicted molar refractivity (Wildman–Crippen MR) is 99.0 cm³/mol. The van der Waals surface area contributed by atoms with Crippen LogP contribution in [-0.2, 0) is 6.54 Å². The topological polar surface area (TPSA) is 98.3 Å². The fraction of sp³-hybridized carbons (Fsp3) is 0.158. The molecule has 0 radical (unpaired) electrons. The van der Waals surface area contributed by atoms with Gasteiger partial charge in [-0.3, -0.25) is 9.78 Å². The van der Waals surface area contributed by atoms with E-state index in [1.54, 1.807) is 30.6 Å². The van der Waals surface area contributed by atoms with Crippen LogP contribution in [0.4, 0.5) is 11.5 Å². The molecule has 8 nitrogen and oxygen atoms in total. The minimum Gasteiger partial charge on any atom is -0.486 e. The maximum absolute atomic E-state index is 12.4. The van der Waals surface area contributed by atoms with E-state index in [0.29, 0.717) is 42.8 Å². The molecule has 4 rings (SSSR count). The van der Waals surface area contributed by atoms with Crippen molar-refractivity contribution in [2.24, 2.45) is 0 Å².